The van der Waals surface area contributed by atoms with Gasteiger partial charge in [0.2, 0.25) is 5.91 Å². The Labute approximate surface area is 150 Å². The second kappa shape index (κ2) is 8.31. The van der Waals surface area contributed by atoms with Crippen LogP contribution in [-0.2, 0) is 14.6 Å². The molecule has 2 aromatic carbocycles. The van der Waals surface area contributed by atoms with Gasteiger partial charge in [-0.3, -0.25) is 4.79 Å². The van der Waals surface area contributed by atoms with E-state index in [1.807, 2.05) is 0 Å². The van der Waals surface area contributed by atoms with E-state index >= 15 is 0 Å². The number of benzene rings is 2. The summed E-state index contributed by atoms with van der Waals surface area (Å²) in [5.41, 5.74) is 0. The molecule has 2 rings (SSSR count). The van der Waals surface area contributed by atoms with Crippen LogP contribution in [0.25, 0.3) is 0 Å². The summed E-state index contributed by atoms with van der Waals surface area (Å²) in [4.78, 5) is 13.4. The lowest BCUT2D eigenvalue weighted by Gasteiger charge is -2.17. The summed E-state index contributed by atoms with van der Waals surface area (Å²) >= 11 is 5.73. The van der Waals surface area contributed by atoms with Crippen molar-refractivity contribution in [3.05, 3.63) is 59.4 Å². The molecular formula is C17H17ClFNO4S. The maximum absolute atomic E-state index is 12.8. The molecule has 5 nitrogen and oxygen atoms in total. The van der Waals surface area contributed by atoms with Crippen molar-refractivity contribution in [3.63, 3.8) is 0 Å². The van der Waals surface area contributed by atoms with Gasteiger partial charge in [-0.2, -0.15) is 0 Å². The normalized spacial score (nSPS) is 11.2. The molecule has 0 radical (unpaired) electrons. The van der Waals surface area contributed by atoms with Gasteiger partial charge in [0.1, 0.15) is 23.9 Å². The van der Waals surface area contributed by atoms with Crippen molar-refractivity contribution >= 4 is 27.3 Å². The number of hydrogen-bond acceptors (Lipinski definition) is 4. The van der Waals surface area contributed by atoms with Crippen LogP contribution in [-0.4, -0.2) is 45.2 Å². The van der Waals surface area contributed by atoms with Crippen LogP contribution in [0.2, 0.25) is 5.02 Å². The first kappa shape index (κ1) is 19.2. The molecule has 0 fully saturated rings. The van der Waals surface area contributed by atoms with Crippen LogP contribution in [0.1, 0.15) is 0 Å². The summed E-state index contributed by atoms with van der Waals surface area (Å²) in [6.07, 6.45) is 0. The van der Waals surface area contributed by atoms with E-state index in [9.17, 15) is 17.6 Å². The fourth-order valence-electron chi connectivity index (χ4n) is 1.95. The monoisotopic (exact) mass is 385 g/mol. The van der Waals surface area contributed by atoms with Crippen LogP contribution in [0.5, 0.6) is 5.75 Å². The smallest absolute Gasteiger partial charge is 0.238 e. The second-order valence-electron chi connectivity index (χ2n) is 5.33. The van der Waals surface area contributed by atoms with E-state index in [1.54, 1.807) is 0 Å². The van der Waals surface area contributed by atoms with Gasteiger partial charge in [-0.1, -0.05) is 11.6 Å². The molecule has 0 spiro atoms. The molecule has 0 saturated heterocycles. The van der Waals surface area contributed by atoms with Crippen LogP contribution in [0, 0.1) is 5.82 Å². The van der Waals surface area contributed by atoms with Crippen LogP contribution < -0.4 is 4.74 Å². The maximum atomic E-state index is 12.8. The van der Waals surface area contributed by atoms with E-state index < -0.39 is 21.5 Å². The molecule has 0 unspecified atom stereocenters. The highest BCUT2D eigenvalue weighted by Crippen LogP contribution is 2.16. The molecule has 0 bridgehead atoms. The van der Waals surface area contributed by atoms with Crippen molar-refractivity contribution in [2.24, 2.45) is 0 Å². The van der Waals surface area contributed by atoms with Crippen molar-refractivity contribution < 1.29 is 22.3 Å². The minimum Gasteiger partial charge on any atom is -0.492 e. The summed E-state index contributed by atoms with van der Waals surface area (Å²) in [5.74, 6) is -1.08. The van der Waals surface area contributed by atoms with Crippen LogP contribution in [0.3, 0.4) is 0 Å². The maximum Gasteiger partial charge on any atom is 0.238 e. The molecule has 0 aliphatic heterocycles. The van der Waals surface area contributed by atoms with Gasteiger partial charge < -0.3 is 9.64 Å². The summed E-state index contributed by atoms with van der Waals surface area (Å²) in [6, 6.07) is 11.1. The Balaban J connectivity index is 1.86. The van der Waals surface area contributed by atoms with E-state index in [-0.39, 0.29) is 23.9 Å². The Kier molecular flexibility index (Phi) is 6.39. The highest BCUT2D eigenvalue weighted by atomic mass is 35.5. The van der Waals surface area contributed by atoms with E-state index in [1.165, 1.54) is 60.5 Å². The Morgan fingerprint density at radius 1 is 1.12 bits per heavy atom. The van der Waals surface area contributed by atoms with Crippen molar-refractivity contribution in [1.29, 1.82) is 0 Å². The molecule has 0 aliphatic rings. The highest BCUT2D eigenvalue weighted by Gasteiger charge is 2.21. The standard InChI is InChI=1S/C17H17ClFNO4S/c1-20(10-11-24-15-6-4-14(19)5-7-15)17(21)12-25(22,23)16-8-2-13(18)3-9-16/h2-9H,10-12H2,1H3. The third-order valence-corrected chi connectivity index (χ3v) is 5.29. The number of carbonyl (C=O) groups is 1. The molecule has 1 amide bonds. The lowest BCUT2D eigenvalue weighted by Crippen LogP contribution is -2.35. The number of ether oxygens (including phenoxy) is 1. The third-order valence-electron chi connectivity index (χ3n) is 3.42. The predicted molar refractivity (Wildman–Crippen MR) is 93.0 cm³/mol. The average Bonchev–Trinajstić information content (AvgIpc) is 2.56. The van der Waals surface area contributed by atoms with Crippen LogP contribution in [0.15, 0.2) is 53.4 Å². The summed E-state index contributed by atoms with van der Waals surface area (Å²) in [7, 11) is -2.24. The van der Waals surface area contributed by atoms with E-state index in [0.29, 0.717) is 10.8 Å². The van der Waals surface area contributed by atoms with E-state index in [4.69, 9.17) is 16.3 Å². The molecule has 0 saturated carbocycles. The van der Waals surface area contributed by atoms with Crippen molar-refractivity contribution in [2.45, 2.75) is 4.90 Å². The Morgan fingerprint density at radius 2 is 1.72 bits per heavy atom. The van der Waals surface area contributed by atoms with Gasteiger partial charge in [-0.05, 0) is 48.5 Å². The van der Waals surface area contributed by atoms with Crippen molar-refractivity contribution in [3.8, 4) is 5.75 Å². The quantitative estimate of drug-likeness (QED) is 0.735. The van der Waals surface area contributed by atoms with Gasteiger partial charge in [0.05, 0.1) is 11.4 Å². The zero-order chi connectivity index (χ0) is 18.4. The Hall–Kier alpha value is -2.12. The predicted octanol–water partition coefficient (Wildman–Crippen LogP) is 2.79. The Bertz CT molecular complexity index is 823. The summed E-state index contributed by atoms with van der Waals surface area (Å²) in [6.45, 7) is 0.362. The number of rotatable bonds is 7. The number of amides is 1. The minimum atomic E-state index is -3.74. The lowest BCUT2D eigenvalue weighted by molar-refractivity contribution is -0.127. The fourth-order valence-corrected chi connectivity index (χ4v) is 3.34. The number of carbonyl (C=O) groups excluding carboxylic acids is 1. The lowest BCUT2D eigenvalue weighted by atomic mass is 10.3. The number of hydrogen-bond donors (Lipinski definition) is 0. The van der Waals surface area contributed by atoms with Gasteiger partial charge in [0.15, 0.2) is 9.84 Å². The summed E-state index contributed by atoms with van der Waals surface area (Å²) in [5, 5.41) is 0.417. The van der Waals surface area contributed by atoms with Gasteiger partial charge in [0.25, 0.3) is 0 Å². The number of halogens is 2. The molecule has 2 aromatic rings. The zero-order valence-electron chi connectivity index (χ0n) is 13.5. The molecule has 25 heavy (non-hydrogen) atoms. The Morgan fingerprint density at radius 3 is 2.32 bits per heavy atom. The molecule has 8 heteroatoms. The van der Waals surface area contributed by atoms with Gasteiger partial charge in [-0.25, -0.2) is 12.8 Å². The highest BCUT2D eigenvalue weighted by molar-refractivity contribution is 7.92. The molecule has 0 heterocycles. The summed E-state index contributed by atoms with van der Waals surface area (Å²) < 4.78 is 42.6. The first-order valence-corrected chi connectivity index (χ1v) is 9.41. The molecule has 0 N–H and O–H groups in total. The number of sulfone groups is 1. The topological polar surface area (TPSA) is 63.7 Å². The first-order chi connectivity index (χ1) is 11.8. The van der Waals surface area contributed by atoms with Crippen molar-refractivity contribution in [2.75, 3.05) is 26.0 Å². The minimum absolute atomic E-state index is 0.0428. The van der Waals surface area contributed by atoms with E-state index in [0.717, 1.165) is 0 Å². The van der Waals surface area contributed by atoms with E-state index in [2.05, 4.69) is 0 Å². The van der Waals surface area contributed by atoms with Gasteiger partial charge in [-0.15, -0.1) is 0 Å². The van der Waals surface area contributed by atoms with Crippen LogP contribution >= 0.6 is 11.6 Å². The third kappa shape index (κ3) is 5.72. The van der Waals surface area contributed by atoms with Gasteiger partial charge in [0, 0.05) is 12.1 Å². The number of nitrogens with zero attached hydrogens (tertiary/aromatic N) is 1. The second-order valence-corrected chi connectivity index (χ2v) is 7.76. The zero-order valence-corrected chi connectivity index (χ0v) is 15.1. The first-order valence-electron chi connectivity index (χ1n) is 7.38. The number of likely N-dealkylation sites (N-methyl/N-ethyl adjacent to an activating group) is 1. The molecule has 0 aliphatic carbocycles. The average molecular weight is 386 g/mol. The fraction of sp³-hybridized carbons (Fsp3) is 0.235. The molecule has 0 atom stereocenters. The SMILES string of the molecule is CN(CCOc1ccc(F)cc1)C(=O)CS(=O)(=O)c1ccc(Cl)cc1. The molecule has 0 aromatic heterocycles. The molecular weight excluding hydrogens is 369 g/mol. The van der Waals surface area contributed by atoms with Crippen molar-refractivity contribution in [1.82, 2.24) is 4.90 Å². The van der Waals surface area contributed by atoms with Gasteiger partial charge >= 0.3 is 0 Å². The molecule has 134 valence electrons. The van der Waals surface area contributed by atoms with Crippen LogP contribution in [0.4, 0.5) is 4.39 Å². The largest absolute Gasteiger partial charge is 0.492 e.